The standard InChI is InChI=1S/C24H24FNO4S2/c1-18-3-2-4-20(17-18)19-5-9-24(10-6-19)32(29,30)26-15-13-23(14-16-26)31(27,28)22-11-7-21(25)8-12-22/h2-12,17,23H,13-16H2,1H3. The minimum atomic E-state index is -3.72. The van der Waals surface area contributed by atoms with Gasteiger partial charge in [-0.2, -0.15) is 4.31 Å². The average Bonchev–Trinajstić information content (AvgIpc) is 2.79. The fourth-order valence-corrected chi connectivity index (χ4v) is 7.19. The van der Waals surface area contributed by atoms with Gasteiger partial charge in [-0.3, -0.25) is 0 Å². The molecular formula is C24H24FNO4S2. The Morgan fingerprint density at radius 1 is 0.781 bits per heavy atom. The van der Waals surface area contributed by atoms with Crippen molar-refractivity contribution >= 4 is 19.9 Å². The summed E-state index contributed by atoms with van der Waals surface area (Å²) < 4.78 is 66.3. The summed E-state index contributed by atoms with van der Waals surface area (Å²) in [4.78, 5) is 0.251. The lowest BCUT2D eigenvalue weighted by Gasteiger charge is -2.31. The van der Waals surface area contributed by atoms with Crippen LogP contribution in [-0.2, 0) is 19.9 Å². The Balaban J connectivity index is 1.47. The SMILES string of the molecule is Cc1cccc(-c2ccc(S(=O)(=O)N3CCC(S(=O)(=O)c4ccc(F)cc4)CC3)cc2)c1. The number of sulfone groups is 1. The monoisotopic (exact) mass is 473 g/mol. The summed E-state index contributed by atoms with van der Waals surface area (Å²) in [7, 11) is -7.36. The van der Waals surface area contributed by atoms with E-state index in [9.17, 15) is 21.2 Å². The van der Waals surface area contributed by atoms with Crippen LogP contribution in [0.5, 0.6) is 0 Å². The molecule has 0 bridgehead atoms. The molecule has 168 valence electrons. The molecular weight excluding hydrogens is 449 g/mol. The number of piperidine rings is 1. The van der Waals surface area contributed by atoms with Crippen molar-refractivity contribution < 1.29 is 21.2 Å². The van der Waals surface area contributed by atoms with Crippen LogP contribution in [0.4, 0.5) is 4.39 Å². The first kappa shape index (κ1) is 22.6. The number of sulfonamides is 1. The van der Waals surface area contributed by atoms with Crippen molar-refractivity contribution in [2.24, 2.45) is 0 Å². The van der Waals surface area contributed by atoms with Crippen molar-refractivity contribution in [3.05, 3.63) is 84.2 Å². The number of hydrogen-bond donors (Lipinski definition) is 0. The molecule has 0 atom stereocenters. The first-order chi connectivity index (χ1) is 15.2. The smallest absolute Gasteiger partial charge is 0.223 e. The fourth-order valence-electron chi connectivity index (χ4n) is 3.99. The molecule has 3 aromatic carbocycles. The lowest BCUT2D eigenvalue weighted by Crippen LogP contribution is -2.42. The number of benzene rings is 3. The van der Waals surface area contributed by atoms with Gasteiger partial charge in [0, 0.05) is 13.1 Å². The number of hydrogen-bond acceptors (Lipinski definition) is 4. The van der Waals surface area contributed by atoms with E-state index in [0.29, 0.717) is 0 Å². The van der Waals surface area contributed by atoms with Crippen molar-refractivity contribution in [2.45, 2.75) is 34.8 Å². The molecule has 5 nitrogen and oxygen atoms in total. The summed E-state index contributed by atoms with van der Waals surface area (Å²) in [5.74, 6) is -0.502. The zero-order valence-corrected chi connectivity index (χ0v) is 19.2. The summed E-state index contributed by atoms with van der Waals surface area (Å²) in [6.07, 6.45) is 0.390. The molecule has 1 saturated heterocycles. The maximum Gasteiger partial charge on any atom is 0.243 e. The quantitative estimate of drug-likeness (QED) is 0.514. The minimum Gasteiger partial charge on any atom is -0.223 e. The summed E-state index contributed by atoms with van der Waals surface area (Å²) in [6.45, 7) is 2.24. The Morgan fingerprint density at radius 3 is 1.97 bits per heavy atom. The van der Waals surface area contributed by atoms with Crippen molar-refractivity contribution in [1.82, 2.24) is 4.31 Å². The van der Waals surface area contributed by atoms with Crippen LogP contribution in [0.25, 0.3) is 11.1 Å². The van der Waals surface area contributed by atoms with Gasteiger partial charge in [0.25, 0.3) is 0 Å². The average molecular weight is 474 g/mol. The van der Waals surface area contributed by atoms with E-state index < -0.39 is 30.9 Å². The Labute approximate surface area is 188 Å². The van der Waals surface area contributed by atoms with Crippen molar-refractivity contribution in [1.29, 1.82) is 0 Å². The lowest BCUT2D eigenvalue weighted by molar-refractivity contribution is 0.345. The van der Waals surface area contributed by atoms with Gasteiger partial charge in [-0.1, -0.05) is 42.0 Å². The van der Waals surface area contributed by atoms with Gasteiger partial charge in [0.1, 0.15) is 5.82 Å². The highest BCUT2D eigenvalue weighted by Crippen LogP contribution is 2.29. The van der Waals surface area contributed by atoms with Gasteiger partial charge in [0.05, 0.1) is 15.0 Å². The maximum atomic E-state index is 13.1. The van der Waals surface area contributed by atoms with Gasteiger partial charge >= 0.3 is 0 Å². The molecule has 3 aromatic rings. The van der Waals surface area contributed by atoms with Gasteiger partial charge in [-0.15, -0.1) is 0 Å². The van der Waals surface area contributed by atoms with Crippen molar-refractivity contribution in [2.75, 3.05) is 13.1 Å². The molecule has 8 heteroatoms. The largest absolute Gasteiger partial charge is 0.243 e. The van der Waals surface area contributed by atoms with E-state index >= 15 is 0 Å². The van der Waals surface area contributed by atoms with Crippen molar-refractivity contribution in [3.63, 3.8) is 0 Å². The third-order valence-corrected chi connectivity index (χ3v) is 10.0. The molecule has 0 saturated carbocycles. The van der Waals surface area contributed by atoms with Gasteiger partial charge in [0.2, 0.25) is 10.0 Å². The highest BCUT2D eigenvalue weighted by Gasteiger charge is 2.35. The molecule has 1 aliphatic rings. The van der Waals surface area contributed by atoms with Crippen LogP contribution in [-0.4, -0.2) is 39.5 Å². The van der Waals surface area contributed by atoms with Crippen LogP contribution in [0.15, 0.2) is 82.6 Å². The highest BCUT2D eigenvalue weighted by atomic mass is 32.2. The molecule has 0 unspecified atom stereocenters. The zero-order chi connectivity index (χ0) is 22.9. The number of aryl methyl sites for hydroxylation is 1. The molecule has 0 aliphatic carbocycles. The molecule has 0 radical (unpaired) electrons. The Bertz CT molecular complexity index is 1310. The lowest BCUT2D eigenvalue weighted by atomic mass is 10.0. The normalized spacial score (nSPS) is 16.2. The summed E-state index contributed by atoms with van der Waals surface area (Å²) in [5.41, 5.74) is 3.06. The molecule has 1 heterocycles. The molecule has 32 heavy (non-hydrogen) atoms. The first-order valence-electron chi connectivity index (χ1n) is 10.3. The molecule has 0 aromatic heterocycles. The van der Waals surface area contributed by atoms with E-state index in [1.54, 1.807) is 24.3 Å². The second kappa shape index (κ2) is 8.77. The third kappa shape index (κ3) is 4.48. The van der Waals surface area contributed by atoms with E-state index in [1.807, 2.05) is 31.2 Å². The van der Waals surface area contributed by atoms with E-state index in [2.05, 4.69) is 0 Å². The third-order valence-electron chi connectivity index (χ3n) is 5.83. The minimum absolute atomic E-state index is 0.0620. The van der Waals surface area contributed by atoms with Gasteiger partial charge in [0.15, 0.2) is 9.84 Å². The first-order valence-corrected chi connectivity index (χ1v) is 13.3. The highest BCUT2D eigenvalue weighted by molar-refractivity contribution is 7.92. The molecule has 0 N–H and O–H groups in total. The zero-order valence-electron chi connectivity index (χ0n) is 17.6. The summed E-state index contributed by atoms with van der Waals surface area (Å²) >= 11 is 0. The maximum absolute atomic E-state index is 13.1. The second-order valence-corrected chi connectivity index (χ2v) is 12.2. The van der Waals surface area contributed by atoms with E-state index in [-0.39, 0.29) is 35.7 Å². The molecule has 0 spiro atoms. The van der Waals surface area contributed by atoms with Crippen LogP contribution < -0.4 is 0 Å². The van der Waals surface area contributed by atoms with Gasteiger partial charge in [-0.25, -0.2) is 21.2 Å². The number of halogens is 1. The van der Waals surface area contributed by atoms with E-state index in [4.69, 9.17) is 0 Å². The number of nitrogens with zero attached hydrogens (tertiary/aromatic N) is 1. The summed E-state index contributed by atoms with van der Waals surface area (Å²) in [6, 6.07) is 19.5. The van der Waals surface area contributed by atoms with Crippen LogP contribution in [0.3, 0.4) is 0 Å². The number of rotatable bonds is 5. The second-order valence-electron chi connectivity index (χ2n) is 8.00. The molecule has 1 fully saturated rings. The van der Waals surface area contributed by atoms with E-state index in [0.717, 1.165) is 28.8 Å². The van der Waals surface area contributed by atoms with Crippen LogP contribution in [0.2, 0.25) is 0 Å². The Morgan fingerprint density at radius 2 is 1.38 bits per heavy atom. The fraction of sp³-hybridized carbons (Fsp3) is 0.250. The van der Waals surface area contributed by atoms with Crippen molar-refractivity contribution in [3.8, 4) is 11.1 Å². The Kier molecular flexibility index (Phi) is 6.20. The predicted octanol–water partition coefficient (Wildman–Crippen LogP) is 4.43. The van der Waals surface area contributed by atoms with Gasteiger partial charge in [-0.05, 0) is 67.3 Å². The molecule has 0 amide bonds. The molecule has 4 rings (SSSR count). The predicted molar refractivity (Wildman–Crippen MR) is 122 cm³/mol. The van der Waals surface area contributed by atoms with Crippen LogP contribution >= 0.6 is 0 Å². The Hall–Kier alpha value is -2.55. The molecule has 1 aliphatic heterocycles. The van der Waals surface area contributed by atoms with E-state index in [1.165, 1.54) is 16.4 Å². The van der Waals surface area contributed by atoms with Crippen LogP contribution in [0.1, 0.15) is 18.4 Å². The summed E-state index contributed by atoms with van der Waals surface area (Å²) in [5, 5.41) is -0.692. The van der Waals surface area contributed by atoms with Gasteiger partial charge < -0.3 is 0 Å². The van der Waals surface area contributed by atoms with Crippen LogP contribution in [0, 0.1) is 12.7 Å². The topological polar surface area (TPSA) is 71.5 Å².